The van der Waals surface area contributed by atoms with Gasteiger partial charge in [-0.3, -0.25) is 14.4 Å². The van der Waals surface area contributed by atoms with E-state index in [9.17, 15) is 19.2 Å². The van der Waals surface area contributed by atoms with Crippen LogP contribution in [0, 0.1) is 0 Å². The summed E-state index contributed by atoms with van der Waals surface area (Å²) in [6, 6.07) is 5.19. The quantitative estimate of drug-likeness (QED) is 0.445. The number of nitrogens with zero attached hydrogens (tertiary/aromatic N) is 1. The molecule has 0 aromatic heterocycles. The van der Waals surface area contributed by atoms with E-state index in [2.05, 4.69) is 5.32 Å². The highest BCUT2D eigenvalue weighted by Gasteiger charge is 2.44. The zero-order chi connectivity index (χ0) is 19.5. The molecule has 2 atom stereocenters. The van der Waals surface area contributed by atoms with E-state index >= 15 is 0 Å². The van der Waals surface area contributed by atoms with Gasteiger partial charge in [-0.15, -0.1) is 0 Å². The Balaban J connectivity index is 1.98. The fourth-order valence-electron chi connectivity index (χ4n) is 2.52. The van der Waals surface area contributed by atoms with E-state index in [4.69, 9.17) is 10.5 Å². The first-order valence-corrected chi connectivity index (χ1v) is 8.31. The van der Waals surface area contributed by atoms with Crippen molar-refractivity contribution in [3.8, 4) is 0 Å². The summed E-state index contributed by atoms with van der Waals surface area (Å²) in [5.41, 5.74) is 5.56. The van der Waals surface area contributed by atoms with Gasteiger partial charge in [0.2, 0.25) is 0 Å². The number of nitrogens with two attached hydrogens (primary N) is 1. The Hall–Kier alpha value is -2.74. The summed E-state index contributed by atoms with van der Waals surface area (Å²) in [5, 5.41) is 2.35. The number of hydrogen-bond acceptors (Lipinski definition) is 6. The first-order valence-electron chi connectivity index (χ1n) is 8.31. The molecular formula is C18H23N3O5. The van der Waals surface area contributed by atoms with Gasteiger partial charge in [-0.05, 0) is 39.3 Å². The first kappa shape index (κ1) is 19.6. The Kier molecular flexibility index (Phi) is 5.76. The Morgan fingerprint density at radius 3 is 2.42 bits per heavy atom. The van der Waals surface area contributed by atoms with E-state index in [-0.39, 0.29) is 12.8 Å². The van der Waals surface area contributed by atoms with E-state index in [1.165, 1.54) is 0 Å². The number of benzene rings is 1. The van der Waals surface area contributed by atoms with Gasteiger partial charge in [-0.2, -0.15) is 0 Å². The monoisotopic (exact) mass is 361 g/mol. The Bertz CT molecular complexity index is 711. The van der Waals surface area contributed by atoms with Crippen LogP contribution >= 0.6 is 0 Å². The van der Waals surface area contributed by atoms with Gasteiger partial charge < -0.3 is 15.8 Å². The lowest BCUT2D eigenvalue weighted by Crippen LogP contribution is -2.47. The molecule has 26 heavy (non-hydrogen) atoms. The number of ether oxygens (including phenoxy) is 1. The fraction of sp³-hybridized carbons (Fsp3) is 0.444. The first-order chi connectivity index (χ1) is 12.1. The van der Waals surface area contributed by atoms with Crippen molar-refractivity contribution in [2.24, 2.45) is 5.73 Å². The SMILES string of the molecule is CC(C)(C)OC(=O)CC[C@H](N)C(=O)C1NC(=O)N(c2ccccc2)C1=O. The number of urea groups is 1. The number of para-hydroxylation sites is 1. The van der Waals surface area contributed by atoms with Crippen molar-refractivity contribution >= 4 is 29.4 Å². The Labute approximate surface area is 151 Å². The second kappa shape index (κ2) is 7.65. The van der Waals surface area contributed by atoms with Gasteiger partial charge in [0.1, 0.15) is 5.60 Å². The molecule has 1 aromatic rings. The van der Waals surface area contributed by atoms with Crippen LogP contribution in [-0.4, -0.2) is 41.4 Å². The van der Waals surface area contributed by atoms with Crippen LogP contribution in [0.5, 0.6) is 0 Å². The molecule has 1 fully saturated rings. The third-order valence-corrected chi connectivity index (χ3v) is 3.68. The molecule has 1 aliphatic rings. The summed E-state index contributed by atoms with van der Waals surface area (Å²) >= 11 is 0. The molecule has 1 aliphatic heterocycles. The van der Waals surface area contributed by atoms with E-state index in [1.807, 2.05) is 0 Å². The number of hydrogen-bond donors (Lipinski definition) is 2. The number of carbonyl (C=O) groups is 4. The number of anilines is 1. The number of ketones is 1. The average Bonchev–Trinajstić information content (AvgIpc) is 2.85. The van der Waals surface area contributed by atoms with Crippen LogP contribution < -0.4 is 16.0 Å². The number of amides is 3. The van der Waals surface area contributed by atoms with Gasteiger partial charge in [-0.25, -0.2) is 9.69 Å². The van der Waals surface area contributed by atoms with Crippen molar-refractivity contribution in [3.05, 3.63) is 30.3 Å². The molecule has 8 nitrogen and oxygen atoms in total. The molecule has 8 heteroatoms. The van der Waals surface area contributed by atoms with Crippen molar-refractivity contribution in [3.63, 3.8) is 0 Å². The molecule has 3 N–H and O–H groups in total. The molecule has 0 saturated carbocycles. The molecule has 1 saturated heterocycles. The molecule has 0 radical (unpaired) electrons. The molecule has 0 bridgehead atoms. The molecular weight excluding hydrogens is 338 g/mol. The zero-order valence-corrected chi connectivity index (χ0v) is 15.0. The van der Waals surface area contributed by atoms with Crippen LogP contribution in [0.1, 0.15) is 33.6 Å². The molecule has 0 spiro atoms. The number of carbonyl (C=O) groups excluding carboxylic acids is 4. The highest BCUT2D eigenvalue weighted by molar-refractivity contribution is 6.28. The van der Waals surface area contributed by atoms with Crippen LogP contribution in [0.2, 0.25) is 0 Å². The van der Waals surface area contributed by atoms with Crippen LogP contribution in [-0.2, 0) is 19.1 Å². The number of esters is 1. The average molecular weight is 361 g/mol. The van der Waals surface area contributed by atoms with Crippen molar-refractivity contribution in [2.45, 2.75) is 51.3 Å². The van der Waals surface area contributed by atoms with Gasteiger partial charge in [-0.1, -0.05) is 18.2 Å². The third-order valence-electron chi connectivity index (χ3n) is 3.68. The lowest BCUT2D eigenvalue weighted by molar-refractivity contribution is -0.155. The minimum Gasteiger partial charge on any atom is -0.460 e. The highest BCUT2D eigenvalue weighted by atomic mass is 16.6. The van der Waals surface area contributed by atoms with Gasteiger partial charge >= 0.3 is 12.0 Å². The van der Waals surface area contributed by atoms with Crippen LogP contribution in [0.4, 0.5) is 10.5 Å². The van der Waals surface area contributed by atoms with Gasteiger partial charge in [0.25, 0.3) is 5.91 Å². The standard InChI is InChI=1S/C18H23N3O5/c1-18(2,3)26-13(22)10-9-12(19)15(23)14-16(24)21(17(25)20-14)11-7-5-4-6-8-11/h4-8,12,14H,9-10,19H2,1-3H3,(H,20,25)/t12-,14?/m0/s1. The zero-order valence-electron chi connectivity index (χ0n) is 15.0. The maximum absolute atomic E-state index is 12.5. The molecule has 3 amide bonds. The summed E-state index contributed by atoms with van der Waals surface area (Å²) in [5.74, 6) is -1.79. The molecule has 1 unspecified atom stereocenters. The van der Waals surface area contributed by atoms with Crippen molar-refractivity contribution < 1.29 is 23.9 Å². The minimum absolute atomic E-state index is 0.0265. The second-order valence-corrected chi connectivity index (χ2v) is 7.03. The summed E-state index contributed by atoms with van der Waals surface area (Å²) in [7, 11) is 0. The predicted molar refractivity (Wildman–Crippen MR) is 94.3 cm³/mol. The summed E-state index contributed by atoms with van der Waals surface area (Å²) in [4.78, 5) is 49.6. The molecule has 2 rings (SSSR count). The van der Waals surface area contributed by atoms with E-state index in [0.717, 1.165) is 4.90 Å². The topological polar surface area (TPSA) is 119 Å². The molecule has 0 aliphatic carbocycles. The third kappa shape index (κ3) is 4.66. The Morgan fingerprint density at radius 1 is 1.23 bits per heavy atom. The number of imide groups is 1. The molecule has 1 heterocycles. The summed E-state index contributed by atoms with van der Waals surface area (Å²) < 4.78 is 5.16. The number of Topliss-reactive ketones (excluding diaryl/α,β-unsaturated/α-hetero) is 1. The fourth-order valence-corrected chi connectivity index (χ4v) is 2.52. The highest BCUT2D eigenvalue weighted by Crippen LogP contribution is 2.20. The van der Waals surface area contributed by atoms with E-state index in [0.29, 0.717) is 5.69 Å². The Morgan fingerprint density at radius 2 is 1.85 bits per heavy atom. The molecule has 140 valence electrons. The lowest BCUT2D eigenvalue weighted by Gasteiger charge is -2.20. The normalized spacial score (nSPS) is 18.5. The predicted octanol–water partition coefficient (Wildman–Crippen LogP) is 1.13. The van der Waals surface area contributed by atoms with Crippen LogP contribution in [0.15, 0.2) is 30.3 Å². The minimum atomic E-state index is -1.35. The van der Waals surface area contributed by atoms with E-state index in [1.54, 1.807) is 51.1 Å². The van der Waals surface area contributed by atoms with Crippen molar-refractivity contribution in [1.82, 2.24) is 5.32 Å². The van der Waals surface area contributed by atoms with Crippen molar-refractivity contribution in [1.29, 1.82) is 0 Å². The van der Waals surface area contributed by atoms with Gasteiger partial charge in [0.05, 0.1) is 11.7 Å². The largest absolute Gasteiger partial charge is 0.460 e. The van der Waals surface area contributed by atoms with Crippen LogP contribution in [0.3, 0.4) is 0 Å². The van der Waals surface area contributed by atoms with Crippen LogP contribution in [0.25, 0.3) is 0 Å². The lowest BCUT2D eigenvalue weighted by atomic mass is 10.0. The second-order valence-electron chi connectivity index (χ2n) is 7.03. The van der Waals surface area contributed by atoms with Gasteiger partial charge in [0.15, 0.2) is 11.8 Å². The van der Waals surface area contributed by atoms with Crippen molar-refractivity contribution in [2.75, 3.05) is 4.90 Å². The van der Waals surface area contributed by atoms with Gasteiger partial charge in [0, 0.05) is 6.42 Å². The number of nitrogens with one attached hydrogen (secondary N) is 1. The summed E-state index contributed by atoms with van der Waals surface area (Å²) in [6.45, 7) is 5.21. The van der Waals surface area contributed by atoms with E-state index < -0.39 is 41.4 Å². The molecule has 1 aromatic carbocycles. The smallest absolute Gasteiger partial charge is 0.329 e. The summed E-state index contributed by atoms with van der Waals surface area (Å²) in [6.07, 6.45) is -0.0276. The maximum atomic E-state index is 12.5. The maximum Gasteiger partial charge on any atom is 0.329 e. The number of rotatable bonds is 6.